The van der Waals surface area contributed by atoms with E-state index in [0.717, 1.165) is 5.56 Å². The van der Waals surface area contributed by atoms with E-state index >= 15 is 0 Å². The quantitative estimate of drug-likeness (QED) is 0.704. The lowest BCUT2D eigenvalue weighted by molar-refractivity contribution is 0.0953. The third-order valence-electron chi connectivity index (χ3n) is 3.23. The van der Waals surface area contributed by atoms with Crippen molar-refractivity contribution in [3.63, 3.8) is 0 Å². The molecule has 0 aliphatic heterocycles. The molecule has 25 heavy (non-hydrogen) atoms. The van der Waals surface area contributed by atoms with Gasteiger partial charge in [-0.1, -0.05) is 17.7 Å². The highest BCUT2D eigenvalue weighted by molar-refractivity contribution is 6.31. The Hall–Kier alpha value is -1.89. The van der Waals surface area contributed by atoms with Gasteiger partial charge in [-0.3, -0.25) is 9.78 Å². The summed E-state index contributed by atoms with van der Waals surface area (Å²) in [4.78, 5) is 16.1. The SMILES string of the molecule is COCCOc1cncc(C(=O)NCCc2ccc(F)cc2Cl)c1.Cl. The van der Waals surface area contributed by atoms with Crippen LogP contribution in [0.1, 0.15) is 15.9 Å². The zero-order valence-corrected chi connectivity index (χ0v) is 15.2. The maximum absolute atomic E-state index is 13.0. The summed E-state index contributed by atoms with van der Waals surface area (Å²) in [5.41, 5.74) is 1.17. The summed E-state index contributed by atoms with van der Waals surface area (Å²) in [6.45, 7) is 1.21. The minimum Gasteiger partial charge on any atom is -0.490 e. The van der Waals surface area contributed by atoms with Crippen molar-refractivity contribution in [2.45, 2.75) is 6.42 Å². The number of benzene rings is 1. The summed E-state index contributed by atoms with van der Waals surface area (Å²) in [6, 6.07) is 5.82. The van der Waals surface area contributed by atoms with Crippen molar-refractivity contribution in [1.29, 1.82) is 0 Å². The number of halogens is 3. The van der Waals surface area contributed by atoms with Crippen LogP contribution in [0.5, 0.6) is 5.75 Å². The van der Waals surface area contributed by atoms with Crippen molar-refractivity contribution < 1.29 is 18.7 Å². The molecule has 2 rings (SSSR count). The number of hydrogen-bond acceptors (Lipinski definition) is 4. The first-order valence-electron chi connectivity index (χ1n) is 7.39. The van der Waals surface area contributed by atoms with Gasteiger partial charge < -0.3 is 14.8 Å². The van der Waals surface area contributed by atoms with Crippen molar-refractivity contribution in [2.24, 2.45) is 0 Å². The molecule has 0 bridgehead atoms. The minimum absolute atomic E-state index is 0. The molecule has 1 amide bonds. The molecular weight excluding hydrogens is 370 g/mol. The fourth-order valence-corrected chi connectivity index (χ4v) is 2.26. The fraction of sp³-hybridized carbons (Fsp3) is 0.294. The van der Waals surface area contributed by atoms with Gasteiger partial charge in [0.2, 0.25) is 0 Å². The van der Waals surface area contributed by atoms with Gasteiger partial charge in [0.05, 0.1) is 18.4 Å². The summed E-state index contributed by atoms with van der Waals surface area (Å²) >= 11 is 5.95. The molecule has 0 atom stereocenters. The molecule has 0 spiro atoms. The highest BCUT2D eigenvalue weighted by Crippen LogP contribution is 2.17. The molecule has 0 aliphatic carbocycles. The molecule has 1 aromatic carbocycles. The van der Waals surface area contributed by atoms with Gasteiger partial charge in [0, 0.05) is 24.9 Å². The van der Waals surface area contributed by atoms with Crippen LogP contribution in [0.3, 0.4) is 0 Å². The van der Waals surface area contributed by atoms with Crippen LogP contribution >= 0.6 is 24.0 Å². The molecule has 1 N–H and O–H groups in total. The first-order valence-corrected chi connectivity index (χ1v) is 7.77. The van der Waals surface area contributed by atoms with Crippen LogP contribution in [0.25, 0.3) is 0 Å². The minimum atomic E-state index is -0.385. The number of methoxy groups -OCH3 is 1. The number of nitrogens with one attached hydrogen (secondary N) is 1. The topological polar surface area (TPSA) is 60.5 Å². The van der Waals surface area contributed by atoms with Crippen LogP contribution in [0, 0.1) is 5.82 Å². The molecule has 136 valence electrons. The molecule has 0 unspecified atom stereocenters. The molecule has 0 radical (unpaired) electrons. The highest BCUT2D eigenvalue weighted by Gasteiger charge is 2.08. The van der Waals surface area contributed by atoms with E-state index in [0.29, 0.717) is 42.5 Å². The lowest BCUT2D eigenvalue weighted by Crippen LogP contribution is -2.26. The van der Waals surface area contributed by atoms with E-state index in [1.165, 1.54) is 24.5 Å². The molecule has 8 heteroatoms. The number of rotatable bonds is 8. The largest absolute Gasteiger partial charge is 0.490 e. The summed E-state index contributed by atoms with van der Waals surface area (Å²) in [6.07, 6.45) is 3.50. The average molecular weight is 389 g/mol. The first kappa shape index (κ1) is 21.2. The summed E-state index contributed by atoms with van der Waals surface area (Å²) in [7, 11) is 1.58. The number of nitrogens with zero attached hydrogens (tertiary/aromatic N) is 1. The number of carbonyl (C=O) groups excluding carboxylic acids is 1. The molecule has 0 saturated heterocycles. The first-order chi connectivity index (χ1) is 11.6. The third-order valence-corrected chi connectivity index (χ3v) is 3.58. The molecule has 1 heterocycles. The Morgan fingerprint density at radius 2 is 2.08 bits per heavy atom. The normalized spacial score (nSPS) is 10.0. The predicted octanol–water partition coefficient (Wildman–Crippen LogP) is 3.29. The van der Waals surface area contributed by atoms with Crippen LogP contribution in [0.2, 0.25) is 5.02 Å². The standard InChI is InChI=1S/C17H18ClFN2O3.ClH/c1-23-6-7-24-15-8-13(10-20-11-15)17(22)21-5-4-12-2-3-14(19)9-16(12)18;/h2-3,8-11H,4-7H2,1H3,(H,21,22);1H. The number of carbonyl (C=O) groups is 1. The summed E-state index contributed by atoms with van der Waals surface area (Å²) in [5, 5.41) is 3.12. The number of pyridine rings is 1. The Bertz CT molecular complexity index is 701. The Balaban J connectivity index is 0.00000312. The zero-order valence-electron chi connectivity index (χ0n) is 13.6. The maximum Gasteiger partial charge on any atom is 0.252 e. The van der Waals surface area contributed by atoms with Gasteiger partial charge in [-0.2, -0.15) is 0 Å². The van der Waals surface area contributed by atoms with Crippen molar-refractivity contribution in [1.82, 2.24) is 10.3 Å². The summed E-state index contributed by atoms with van der Waals surface area (Å²) < 4.78 is 23.3. The van der Waals surface area contributed by atoms with Gasteiger partial charge in [0.1, 0.15) is 18.2 Å². The van der Waals surface area contributed by atoms with Gasteiger partial charge in [0.15, 0.2) is 0 Å². The van der Waals surface area contributed by atoms with Crippen LogP contribution in [0.15, 0.2) is 36.7 Å². The molecule has 2 aromatic rings. The van der Waals surface area contributed by atoms with Crippen molar-refractivity contribution in [2.75, 3.05) is 26.9 Å². The lowest BCUT2D eigenvalue weighted by atomic mass is 10.1. The van der Waals surface area contributed by atoms with Gasteiger partial charge in [-0.25, -0.2) is 4.39 Å². The second-order valence-corrected chi connectivity index (χ2v) is 5.40. The van der Waals surface area contributed by atoms with E-state index in [2.05, 4.69) is 10.3 Å². The Labute approximate surface area is 156 Å². The Morgan fingerprint density at radius 3 is 2.80 bits per heavy atom. The number of ether oxygens (including phenoxy) is 2. The number of amides is 1. The van der Waals surface area contributed by atoms with E-state index in [1.54, 1.807) is 19.2 Å². The molecular formula is C17H19Cl2FN2O3. The van der Waals surface area contributed by atoms with Crippen LogP contribution < -0.4 is 10.1 Å². The summed E-state index contributed by atoms with van der Waals surface area (Å²) in [5.74, 6) is -0.150. The van der Waals surface area contributed by atoms with E-state index in [-0.39, 0.29) is 24.1 Å². The van der Waals surface area contributed by atoms with E-state index in [1.807, 2.05) is 0 Å². The molecule has 0 saturated carbocycles. The van der Waals surface area contributed by atoms with E-state index in [4.69, 9.17) is 21.1 Å². The van der Waals surface area contributed by atoms with Gasteiger partial charge in [-0.05, 0) is 30.2 Å². The van der Waals surface area contributed by atoms with E-state index in [9.17, 15) is 9.18 Å². The second-order valence-electron chi connectivity index (χ2n) is 4.99. The van der Waals surface area contributed by atoms with Gasteiger partial charge >= 0.3 is 0 Å². The van der Waals surface area contributed by atoms with Crippen LogP contribution in [-0.2, 0) is 11.2 Å². The third kappa shape index (κ3) is 6.86. The number of aromatic nitrogens is 1. The van der Waals surface area contributed by atoms with Crippen molar-refractivity contribution in [3.8, 4) is 5.75 Å². The Kier molecular flexibility index (Phi) is 9.20. The van der Waals surface area contributed by atoms with Crippen LogP contribution in [0.4, 0.5) is 4.39 Å². The number of hydrogen-bond donors (Lipinski definition) is 1. The maximum atomic E-state index is 13.0. The Morgan fingerprint density at radius 1 is 1.28 bits per heavy atom. The molecule has 0 aliphatic rings. The predicted molar refractivity (Wildman–Crippen MR) is 96.3 cm³/mol. The lowest BCUT2D eigenvalue weighted by Gasteiger charge is -2.09. The highest BCUT2D eigenvalue weighted by atomic mass is 35.5. The second kappa shape index (κ2) is 10.9. The van der Waals surface area contributed by atoms with Gasteiger partial charge in [-0.15, -0.1) is 12.4 Å². The van der Waals surface area contributed by atoms with Crippen LogP contribution in [-0.4, -0.2) is 37.8 Å². The molecule has 0 fully saturated rings. The van der Waals surface area contributed by atoms with Crippen molar-refractivity contribution in [3.05, 3.63) is 58.6 Å². The van der Waals surface area contributed by atoms with Gasteiger partial charge in [0.25, 0.3) is 5.91 Å². The van der Waals surface area contributed by atoms with Crippen molar-refractivity contribution >= 4 is 29.9 Å². The fourth-order valence-electron chi connectivity index (χ4n) is 2.00. The van der Waals surface area contributed by atoms with E-state index < -0.39 is 0 Å². The average Bonchev–Trinajstić information content (AvgIpc) is 2.57. The smallest absolute Gasteiger partial charge is 0.252 e. The zero-order chi connectivity index (χ0) is 17.4. The molecule has 5 nitrogen and oxygen atoms in total. The molecule has 1 aromatic heterocycles. The monoisotopic (exact) mass is 388 g/mol.